The van der Waals surface area contributed by atoms with Crippen LogP contribution in [0, 0.1) is 0 Å². The average molecular weight is 216 g/mol. The van der Waals surface area contributed by atoms with Crippen molar-refractivity contribution in [1.82, 2.24) is 0 Å². The topological polar surface area (TPSA) is 77.9 Å². The first-order chi connectivity index (χ1) is 7.74. The Hall–Kier alpha value is -2.26. The van der Waals surface area contributed by atoms with Crippen molar-refractivity contribution in [2.45, 2.75) is 6.92 Å². The molecule has 16 heavy (non-hydrogen) atoms. The highest BCUT2D eigenvalue weighted by atomic mass is 16.1. The molecule has 1 N–H and O–H groups in total. The minimum Gasteiger partial charge on any atom is -0.326 e. The first-order valence-corrected chi connectivity index (χ1v) is 4.78. The van der Waals surface area contributed by atoms with Gasteiger partial charge in [-0.2, -0.15) is 0 Å². The molecule has 0 atom stereocenters. The van der Waals surface area contributed by atoms with Crippen molar-refractivity contribution in [2.75, 3.05) is 11.9 Å². The summed E-state index contributed by atoms with van der Waals surface area (Å²) in [4.78, 5) is 13.6. The van der Waals surface area contributed by atoms with E-state index in [1.54, 1.807) is 12.2 Å². The summed E-state index contributed by atoms with van der Waals surface area (Å²) in [6.07, 6.45) is 3.54. The van der Waals surface area contributed by atoms with E-state index in [0.717, 1.165) is 11.3 Å². The predicted octanol–water partition coefficient (Wildman–Crippen LogP) is 2.97. The zero-order valence-electron chi connectivity index (χ0n) is 8.92. The van der Waals surface area contributed by atoms with Gasteiger partial charge in [0.05, 0.1) is 0 Å². The number of rotatable bonds is 4. The molecule has 1 aromatic carbocycles. The summed E-state index contributed by atoms with van der Waals surface area (Å²) in [6, 6.07) is 7.40. The lowest BCUT2D eigenvalue weighted by molar-refractivity contribution is -0.114. The third kappa shape index (κ3) is 3.86. The monoisotopic (exact) mass is 216 g/mol. The van der Waals surface area contributed by atoms with Crippen molar-refractivity contribution >= 4 is 17.7 Å². The van der Waals surface area contributed by atoms with Crippen molar-refractivity contribution in [3.63, 3.8) is 0 Å². The van der Waals surface area contributed by atoms with Crippen LogP contribution in [0.25, 0.3) is 16.5 Å². The Kier molecular flexibility index (Phi) is 4.63. The van der Waals surface area contributed by atoms with Crippen LogP contribution in [0.4, 0.5) is 5.69 Å². The molecule has 0 aliphatic rings. The molecule has 0 unspecified atom stereocenters. The van der Waals surface area contributed by atoms with Gasteiger partial charge in [-0.3, -0.25) is 4.79 Å². The summed E-state index contributed by atoms with van der Waals surface area (Å²) < 4.78 is 0. The number of carbonyl (C=O) groups is 1. The highest BCUT2D eigenvalue weighted by molar-refractivity contribution is 5.91. The lowest BCUT2D eigenvalue weighted by atomic mass is 10.1. The summed E-state index contributed by atoms with van der Waals surface area (Å²) in [7, 11) is 0. The van der Waals surface area contributed by atoms with E-state index in [0.29, 0.717) is 6.54 Å². The third-order valence-corrected chi connectivity index (χ3v) is 1.82. The molecule has 0 saturated carbocycles. The zero-order chi connectivity index (χ0) is 11.8. The largest absolute Gasteiger partial charge is 0.326 e. The molecule has 5 heteroatoms. The Morgan fingerprint density at radius 3 is 3.00 bits per heavy atom. The van der Waals surface area contributed by atoms with Gasteiger partial charge in [0.1, 0.15) is 0 Å². The van der Waals surface area contributed by atoms with E-state index in [1.807, 2.05) is 24.3 Å². The first kappa shape index (κ1) is 11.8. The SMILES string of the molecule is CC(=O)Nc1ccccc1C=CCN=[N+]=[N-]. The third-order valence-electron chi connectivity index (χ3n) is 1.82. The number of azide groups is 1. The van der Waals surface area contributed by atoms with Crippen LogP contribution in [-0.4, -0.2) is 12.5 Å². The molecule has 0 aliphatic heterocycles. The zero-order valence-corrected chi connectivity index (χ0v) is 8.92. The number of benzene rings is 1. The standard InChI is InChI=1S/C11H12N4O/c1-9(16)14-11-7-3-2-5-10(11)6-4-8-13-15-12/h2-7H,8H2,1H3,(H,14,16). The molecule has 0 aromatic heterocycles. The molecule has 1 aromatic rings. The van der Waals surface area contributed by atoms with Crippen LogP contribution in [0.3, 0.4) is 0 Å². The molecule has 1 amide bonds. The molecule has 5 nitrogen and oxygen atoms in total. The number of carbonyl (C=O) groups excluding carboxylic acids is 1. The van der Waals surface area contributed by atoms with Crippen LogP contribution in [0.1, 0.15) is 12.5 Å². The van der Waals surface area contributed by atoms with Gasteiger partial charge >= 0.3 is 0 Å². The fraction of sp³-hybridized carbons (Fsp3) is 0.182. The molecule has 0 radical (unpaired) electrons. The molecule has 0 bridgehead atoms. The lowest BCUT2D eigenvalue weighted by Crippen LogP contribution is -2.06. The maximum absolute atomic E-state index is 10.9. The number of hydrogen-bond donors (Lipinski definition) is 1. The van der Waals surface area contributed by atoms with Crippen molar-refractivity contribution in [2.24, 2.45) is 5.11 Å². The molecule has 82 valence electrons. The highest BCUT2D eigenvalue weighted by Crippen LogP contribution is 2.16. The quantitative estimate of drug-likeness (QED) is 0.468. The summed E-state index contributed by atoms with van der Waals surface area (Å²) in [5.41, 5.74) is 9.73. The van der Waals surface area contributed by atoms with Gasteiger partial charge in [0.15, 0.2) is 0 Å². The Morgan fingerprint density at radius 1 is 1.56 bits per heavy atom. The Morgan fingerprint density at radius 2 is 2.31 bits per heavy atom. The summed E-state index contributed by atoms with van der Waals surface area (Å²) >= 11 is 0. The van der Waals surface area contributed by atoms with Gasteiger partial charge in [-0.15, -0.1) is 0 Å². The van der Waals surface area contributed by atoms with Crippen molar-refractivity contribution in [3.05, 3.63) is 46.3 Å². The van der Waals surface area contributed by atoms with E-state index < -0.39 is 0 Å². The molecule has 1 rings (SSSR count). The molecule has 0 heterocycles. The number of para-hydroxylation sites is 1. The van der Waals surface area contributed by atoms with Crippen LogP contribution >= 0.6 is 0 Å². The second-order valence-corrected chi connectivity index (χ2v) is 3.08. The van der Waals surface area contributed by atoms with E-state index in [1.165, 1.54) is 6.92 Å². The van der Waals surface area contributed by atoms with Crippen LogP contribution in [0.15, 0.2) is 35.5 Å². The summed E-state index contributed by atoms with van der Waals surface area (Å²) in [6.45, 7) is 1.76. The average Bonchev–Trinajstić information content (AvgIpc) is 2.26. The number of hydrogen-bond acceptors (Lipinski definition) is 2. The second kappa shape index (κ2) is 6.27. The van der Waals surface area contributed by atoms with E-state index in [-0.39, 0.29) is 5.91 Å². The van der Waals surface area contributed by atoms with Gasteiger partial charge in [-0.05, 0) is 17.2 Å². The van der Waals surface area contributed by atoms with E-state index in [9.17, 15) is 4.79 Å². The number of nitrogens with one attached hydrogen (secondary N) is 1. The summed E-state index contributed by atoms with van der Waals surface area (Å²) in [5, 5.41) is 6.10. The van der Waals surface area contributed by atoms with Gasteiger partial charge in [0.25, 0.3) is 0 Å². The van der Waals surface area contributed by atoms with Crippen LogP contribution in [0.2, 0.25) is 0 Å². The van der Waals surface area contributed by atoms with Gasteiger partial charge < -0.3 is 5.32 Å². The lowest BCUT2D eigenvalue weighted by Gasteiger charge is -2.05. The predicted molar refractivity (Wildman–Crippen MR) is 63.8 cm³/mol. The maximum Gasteiger partial charge on any atom is 0.221 e. The molecule has 0 fully saturated rings. The van der Waals surface area contributed by atoms with E-state index in [2.05, 4.69) is 15.3 Å². The highest BCUT2D eigenvalue weighted by Gasteiger charge is 1.98. The fourth-order valence-electron chi connectivity index (χ4n) is 1.21. The molecule has 0 spiro atoms. The van der Waals surface area contributed by atoms with Gasteiger partial charge in [0.2, 0.25) is 5.91 Å². The van der Waals surface area contributed by atoms with Crippen LogP contribution in [-0.2, 0) is 4.79 Å². The number of amides is 1. The van der Waals surface area contributed by atoms with Crippen molar-refractivity contribution in [3.8, 4) is 0 Å². The smallest absolute Gasteiger partial charge is 0.221 e. The minimum atomic E-state index is -0.115. The van der Waals surface area contributed by atoms with Crippen LogP contribution < -0.4 is 5.32 Å². The van der Waals surface area contributed by atoms with E-state index >= 15 is 0 Å². The normalized spacial score (nSPS) is 9.81. The van der Waals surface area contributed by atoms with Crippen LogP contribution in [0.5, 0.6) is 0 Å². The molecule has 0 aliphatic carbocycles. The fourth-order valence-corrected chi connectivity index (χ4v) is 1.21. The first-order valence-electron chi connectivity index (χ1n) is 4.78. The second-order valence-electron chi connectivity index (χ2n) is 3.08. The molecule has 0 saturated heterocycles. The van der Waals surface area contributed by atoms with E-state index in [4.69, 9.17) is 5.53 Å². The Bertz CT molecular complexity index is 447. The maximum atomic E-state index is 10.9. The van der Waals surface area contributed by atoms with Gasteiger partial charge in [0, 0.05) is 24.1 Å². The number of nitrogens with zero attached hydrogens (tertiary/aromatic N) is 3. The number of anilines is 1. The van der Waals surface area contributed by atoms with Gasteiger partial charge in [-0.1, -0.05) is 35.5 Å². The minimum absolute atomic E-state index is 0.115. The summed E-state index contributed by atoms with van der Waals surface area (Å²) in [5.74, 6) is -0.115. The van der Waals surface area contributed by atoms with Gasteiger partial charge in [-0.25, -0.2) is 0 Å². The molecular formula is C11H12N4O. The van der Waals surface area contributed by atoms with Crippen molar-refractivity contribution in [1.29, 1.82) is 0 Å². The van der Waals surface area contributed by atoms with Crippen molar-refractivity contribution < 1.29 is 4.79 Å². The molecular weight excluding hydrogens is 204 g/mol. The Balaban J connectivity index is 2.81. The Labute approximate surface area is 93.4 Å².